The maximum absolute atomic E-state index is 12.7. The van der Waals surface area contributed by atoms with E-state index in [0.29, 0.717) is 6.04 Å². The lowest BCUT2D eigenvalue weighted by Gasteiger charge is -2.31. The first kappa shape index (κ1) is 14.1. The zero-order valence-corrected chi connectivity index (χ0v) is 13.1. The standard InChI is InChI=1S/C16H24N2OS/c1-18(13-7-9-17-10-8-13)16(19)15-11-12-5-3-2-4-6-14(12)20-15/h11,13,17H,2-10H2,1H3. The Bertz CT molecular complexity index is 453. The molecular weight excluding hydrogens is 268 g/mol. The van der Waals surface area contributed by atoms with Gasteiger partial charge in [-0.2, -0.15) is 0 Å². The van der Waals surface area contributed by atoms with Crippen molar-refractivity contribution in [2.45, 2.75) is 51.0 Å². The normalized spacial score (nSPS) is 20.2. The molecule has 1 aromatic heterocycles. The number of hydrogen-bond donors (Lipinski definition) is 1. The molecule has 2 aliphatic rings. The van der Waals surface area contributed by atoms with Crippen LogP contribution in [0.2, 0.25) is 0 Å². The maximum Gasteiger partial charge on any atom is 0.263 e. The summed E-state index contributed by atoms with van der Waals surface area (Å²) in [4.78, 5) is 17.1. The van der Waals surface area contributed by atoms with Gasteiger partial charge in [-0.3, -0.25) is 4.79 Å². The van der Waals surface area contributed by atoms with Crippen LogP contribution in [-0.4, -0.2) is 37.0 Å². The summed E-state index contributed by atoms with van der Waals surface area (Å²) in [6.45, 7) is 2.06. The number of nitrogens with zero attached hydrogens (tertiary/aromatic N) is 1. The van der Waals surface area contributed by atoms with Crippen molar-refractivity contribution in [3.63, 3.8) is 0 Å². The molecule has 110 valence electrons. The van der Waals surface area contributed by atoms with E-state index in [9.17, 15) is 4.79 Å². The summed E-state index contributed by atoms with van der Waals surface area (Å²) < 4.78 is 0. The predicted octanol–water partition coefficient (Wildman–Crippen LogP) is 2.84. The second-order valence-electron chi connectivity index (χ2n) is 6.02. The van der Waals surface area contributed by atoms with Gasteiger partial charge in [0.05, 0.1) is 4.88 Å². The van der Waals surface area contributed by atoms with Gasteiger partial charge in [-0.1, -0.05) is 6.42 Å². The van der Waals surface area contributed by atoms with Gasteiger partial charge >= 0.3 is 0 Å². The second kappa shape index (κ2) is 6.27. The fraction of sp³-hybridized carbons (Fsp3) is 0.688. The van der Waals surface area contributed by atoms with Gasteiger partial charge in [0, 0.05) is 18.0 Å². The lowest BCUT2D eigenvalue weighted by molar-refractivity contribution is 0.0708. The van der Waals surface area contributed by atoms with E-state index in [0.717, 1.165) is 37.2 Å². The average Bonchev–Trinajstić information content (AvgIpc) is 2.77. The van der Waals surface area contributed by atoms with Crippen LogP contribution >= 0.6 is 11.3 Å². The Labute approximate surface area is 125 Å². The minimum absolute atomic E-state index is 0.231. The van der Waals surface area contributed by atoms with E-state index >= 15 is 0 Å². The highest BCUT2D eigenvalue weighted by atomic mass is 32.1. The van der Waals surface area contributed by atoms with E-state index in [1.165, 1.54) is 36.1 Å². The Morgan fingerprint density at radius 1 is 1.25 bits per heavy atom. The Kier molecular flexibility index (Phi) is 4.41. The highest BCUT2D eigenvalue weighted by Crippen LogP contribution is 2.30. The zero-order chi connectivity index (χ0) is 13.9. The number of hydrogen-bond acceptors (Lipinski definition) is 3. The number of carbonyl (C=O) groups is 1. The summed E-state index contributed by atoms with van der Waals surface area (Å²) >= 11 is 1.74. The van der Waals surface area contributed by atoms with Gasteiger partial charge in [0.1, 0.15) is 0 Å². The molecule has 1 aliphatic carbocycles. The Morgan fingerprint density at radius 3 is 2.80 bits per heavy atom. The van der Waals surface area contributed by atoms with Gasteiger partial charge < -0.3 is 10.2 Å². The SMILES string of the molecule is CN(C(=O)c1cc2c(s1)CCCCC2)C1CCNCC1. The largest absolute Gasteiger partial charge is 0.338 e. The number of nitrogens with one attached hydrogen (secondary N) is 1. The van der Waals surface area contributed by atoms with Crippen LogP contribution in [0.15, 0.2) is 6.07 Å². The quantitative estimate of drug-likeness (QED) is 0.850. The number of carbonyl (C=O) groups excluding carboxylic acids is 1. The van der Waals surface area contributed by atoms with Crippen LogP contribution < -0.4 is 5.32 Å². The van der Waals surface area contributed by atoms with Crippen LogP contribution in [0.1, 0.15) is 52.2 Å². The molecule has 0 bridgehead atoms. The molecular formula is C16H24N2OS. The molecule has 4 heteroatoms. The topological polar surface area (TPSA) is 32.3 Å². The fourth-order valence-corrected chi connectivity index (χ4v) is 4.54. The summed E-state index contributed by atoms with van der Waals surface area (Å²) in [7, 11) is 1.98. The number of rotatable bonds is 2. The molecule has 0 unspecified atom stereocenters. The van der Waals surface area contributed by atoms with Crippen molar-refractivity contribution in [3.05, 3.63) is 21.4 Å². The molecule has 1 aliphatic heterocycles. The molecule has 2 heterocycles. The van der Waals surface area contributed by atoms with Crippen LogP contribution in [0.3, 0.4) is 0 Å². The highest BCUT2D eigenvalue weighted by Gasteiger charge is 2.25. The fourth-order valence-electron chi connectivity index (χ4n) is 3.31. The second-order valence-corrected chi connectivity index (χ2v) is 7.15. The molecule has 0 spiro atoms. The minimum atomic E-state index is 0.231. The summed E-state index contributed by atoms with van der Waals surface area (Å²) in [5.41, 5.74) is 1.44. The third-order valence-corrected chi connectivity index (χ3v) is 5.86. The number of thiophene rings is 1. The molecule has 1 saturated heterocycles. The first-order valence-corrected chi connectivity index (χ1v) is 8.67. The first-order valence-electron chi connectivity index (χ1n) is 7.85. The van der Waals surface area contributed by atoms with E-state index in [-0.39, 0.29) is 5.91 Å². The van der Waals surface area contributed by atoms with Crippen LogP contribution in [0.25, 0.3) is 0 Å². The number of aryl methyl sites for hydroxylation is 2. The predicted molar refractivity (Wildman–Crippen MR) is 83.6 cm³/mol. The smallest absolute Gasteiger partial charge is 0.263 e. The summed E-state index contributed by atoms with van der Waals surface area (Å²) in [6.07, 6.45) is 8.38. The molecule has 3 nitrogen and oxygen atoms in total. The van der Waals surface area contributed by atoms with E-state index in [4.69, 9.17) is 0 Å². The van der Waals surface area contributed by atoms with Gasteiger partial charge in [-0.15, -0.1) is 11.3 Å². The zero-order valence-electron chi connectivity index (χ0n) is 12.3. The molecule has 0 radical (unpaired) electrons. The molecule has 0 aromatic carbocycles. The molecule has 1 fully saturated rings. The molecule has 0 saturated carbocycles. The van der Waals surface area contributed by atoms with Crippen molar-refractivity contribution >= 4 is 17.2 Å². The van der Waals surface area contributed by atoms with Crippen molar-refractivity contribution in [1.29, 1.82) is 0 Å². The van der Waals surface area contributed by atoms with Crippen molar-refractivity contribution < 1.29 is 4.79 Å². The minimum Gasteiger partial charge on any atom is -0.338 e. The summed E-state index contributed by atoms with van der Waals surface area (Å²) in [5.74, 6) is 0.231. The van der Waals surface area contributed by atoms with E-state index in [1.807, 2.05) is 11.9 Å². The molecule has 3 rings (SSSR count). The molecule has 1 aromatic rings. The summed E-state index contributed by atoms with van der Waals surface area (Å²) in [5, 5.41) is 3.36. The lowest BCUT2D eigenvalue weighted by Crippen LogP contribution is -2.43. The van der Waals surface area contributed by atoms with E-state index < -0.39 is 0 Å². The van der Waals surface area contributed by atoms with Crippen molar-refractivity contribution in [2.24, 2.45) is 0 Å². The monoisotopic (exact) mass is 292 g/mol. The summed E-state index contributed by atoms with van der Waals surface area (Å²) in [6, 6.07) is 2.58. The Hall–Kier alpha value is -0.870. The van der Waals surface area contributed by atoms with Crippen LogP contribution in [0.4, 0.5) is 0 Å². The van der Waals surface area contributed by atoms with Crippen LogP contribution in [0.5, 0.6) is 0 Å². The Morgan fingerprint density at radius 2 is 2.00 bits per heavy atom. The van der Waals surface area contributed by atoms with Crippen LogP contribution in [-0.2, 0) is 12.8 Å². The Balaban J connectivity index is 1.73. The van der Waals surface area contributed by atoms with Crippen LogP contribution in [0, 0.1) is 0 Å². The van der Waals surface area contributed by atoms with Gasteiger partial charge in [0.2, 0.25) is 0 Å². The van der Waals surface area contributed by atoms with Gasteiger partial charge in [0.25, 0.3) is 5.91 Å². The third kappa shape index (κ3) is 2.91. The maximum atomic E-state index is 12.7. The third-order valence-electron chi connectivity index (χ3n) is 4.63. The molecule has 0 atom stereocenters. The van der Waals surface area contributed by atoms with E-state index in [2.05, 4.69) is 11.4 Å². The van der Waals surface area contributed by atoms with Gasteiger partial charge in [-0.25, -0.2) is 0 Å². The number of piperidine rings is 1. The molecule has 1 N–H and O–H groups in total. The van der Waals surface area contributed by atoms with Crippen molar-refractivity contribution in [2.75, 3.05) is 20.1 Å². The van der Waals surface area contributed by atoms with E-state index in [1.54, 1.807) is 11.3 Å². The highest BCUT2D eigenvalue weighted by molar-refractivity contribution is 7.14. The van der Waals surface area contributed by atoms with Gasteiger partial charge in [-0.05, 0) is 63.2 Å². The molecule has 1 amide bonds. The lowest BCUT2D eigenvalue weighted by atomic mass is 10.1. The van der Waals surface area contributed by atoms with Gasteiger partial charge in [0.15, 0.2) is 0 Å². The van der Waals surface area contributed by atoms with Crippen molar-refractivity contribution in [3.8, 4) is 0 Å². The number of amides is 1. The number of fused-ring (bicyclic) bond motifs is 1. The molecule has 20 heavy (non-hydrogen) atoms. The average molecular weight is 292 g/mol. The van der Waals surface area contributed by atoms with Crippen molar-refractivity contribution in [1.82, 2.24) is 10.2 Å². The first-order chi connectivity index (χ1) is 9.75.